The summed E-state index contributed by atoms with van der Waals surface area (Å²) in [5.74, 6) is -1.73. The van der Waals surface area contributed by atoms with Gasteiger partial charge in [0.25, 0.3) is 5.91 Å². The second kappa shape index (κ2) is 6.07. The van der Waals surface area contributed by atoms with Crippen molar-refractivity contribution in [2.75, 3.05) is 0 Å². The van der Waals surface area contributed by atoms with Crippen LogP contribution in [0.1, 0.15) is 12.5 Å². The SMILES string of the molecule is C[C@@H](C(=O)[O-])N1C(=O)C(=Cc2ccc(Br)cc2)SC1=S. The fourth-order valence-corrected chi connectivity index (χ4v) is 3.31. The van der Waals surface area contributed by atoms with Crippen LogP contribution in [0.5, 0.6) is 0 Å². The van der Waals surface area contributed by atoms with Gasteiger partial charge in [0.2, 0.25) is 0 Å². The Morgan fingerprint density at radius 2 is 2.05 bits per heavy atom. The molecule has 1 saturated heterocycles. The quantitative estimate of drug-likeness (QED) is 0.599. The number of halogens is 1. The van der Waals surface area contributed by atoms with Gasteiger partial charge in [0.15, 0.2) is 0 Å². The number of hydrogen-bond donors (Lipinski definition) is 0. The Morgan fingerprint density at radius 3 is 2.60 bits per heavy atom. The first-order chi connectivity index (χ1) is 9.40. The molecule has 1 atom stereocenters. The van der Waals surface area contributed by atoms with Crippen molar-refractivity contribution in [2.45, 2.75) is 13.0 Å². The summed E-state index contributed by atoms with van der Waals surface area (Å²) >= 11 is 9.48. The van der Waals surface area contributed by atoms with Gasteiger partial charge in [0, 0.05) is 4.47 Å². The van der Waals surface area contributed by atoms with Crippen LogP contribution in [0.2, 0.25) is 0 Å². The smallest absolute Gasteiger partial charge is 0.266 e. The van der Waals surface area contributed by atoms with Crippen molar-refractivity contribution in [1.29, 1.82) is 0 Å². The maximum absolute atomic E-state index is 12.2. The number of hydrogen-bond acceptors (Lipinski definition) is 5. The molecule has 1 aliphatic rings. The molecule has 2 rings (SSSR count). The van der Waals surface area contributed by atoms with E-state index in [4.69, 9.17) is 12.2 Å². The Balaban J connectivity index is 2.28. The van der Waals surface area contributed by atoms with Crippen molar-refractivity contribution in [3.05, 3.63) is 39.2 Å². The molecule has 1 fully saturated rings. The average Bonchev–Trinajstić information content (AvgIpc) is 2.66. The van der Waals surface area contributed by atoms with Gasteiger partial charge in [-0.3, -0.25) is 9.69 Å². The Bertz CT molecular complexity index is 613. The van der Waals surface area contributed by atoms with Crippen molar-refractivity contribution in [3.8, 4) is 0 Å². The predicted molar refractivity (Wildman–Crippen MR) is 83.6 cm³/mol. The highest BCUT2D eigenvalue weighted by Crippen LogP contribution is 2.33. The summed E-state index contributed by atoms with van der Waals surface area (Å²) in [6.45, 7) is 1.38. The largest absolute Gasteiger partial charge is 0.548 e. The number of carboxylic acids is 1. The van der Waals surface area contributed by atoms with Gasteiger partial charge in [-0.05, 0) is 30.7 Å². The van der Waals surface area contributed by atoms with Crippen LogP contribution < -0.4 is 5.11 Å². The Hall–Kier alpha value is -1.18. The molecule has 0 saturated carbocycles. The number of carboxylic acid groups (broad SMARTS) is 1. The number of carbonyl (C=O) groups excluding carboxylic acids is 2. The van der Waals surface area contributed by atoms with E-state index in [1.807, 2.05) is 24.3 Å². The van der Waals surface area contributed by atoms with E-state index >= 15 is 0 Å². The molecule has 0 spiro atoms. The number of amides is 1. The lowest BCUT2D eigenvalue weighted by Gasteiger charge is -2.23. The van der Waals surface area contributed by atoms with Gasteiger partial charge in [-0.25, -0.2) is 0 Å². The normalized spacial score (nSPS) is 18.7. The van der Waals surface area contributed by atoms with Crippen LogP contribution in [0.25, 0.3) is 6.08 Å². The molecule has 1 aromatic carbocycles. The molecular weight excluding hydrogens is 362 g/mol. The zero-order chi connectivity index (χ0) is 14.9. The maximum Gasteiger partial charge on any atom is 0.266 e. The molecule has 0 radical (unpaired) electrons. The third kappa shape index (κ3) is 3.11. The fourth-order valence-electron chi connectivity index (χ4n) is 1.63. The van der Waals surface area contributed by atoms with E-state index < -0.39 is 17.9 Å². The Kier molecular flexibility index (Phi) is 4.62. The van der Waals surface area contributed by atoms with Crippen molar-refractivity contribution in [2.24, 2.45) is 0 Å². The summed E-state index contributed by atoms with van der Waals surface area (Å²) in [7, 11) is 0. The second-order valence-electron chi connectivity index (χ2n) is 4.10. The van der Waals surface area contributed by atoms with Gasteiger partial charge in [0.05, 0.1) is 16.9 Å². The number of rotatable bonds is 3. The zero-order valence-corrected chi connectivity index (χ0v) is 13.5. The number of thioether (sulfide) groups is 1. The topological polar surface area (TPSA) is 60.4 Å². The molecule has 0 bridgehead atoms. The van der Waals surface area contributed by atoms with Crippen LogP contribution >= 0.6 is 39.9 Å². The van der Waals surface area contributed by atoms with Crippen molar-refractivity contribution < 1.29 is 14.7 Å². The van der Waals surface area contributed by atoms with Crippen molar-refractivity contribution in [1.82, 2.24) is 4.90 Å². The van der Waals surface area contributed by atoms with Crippen LogP contribution in [0.15, 0.2) is 33.6 Å². The molecule has 1 aliphatic heterocycles. The second-order valence-corrected chi connectivity index (χ2v) is 6.69. The van der Waals surface area contributed by atoms with E-state index in [0.717, 1.165) is 26.7 Å². The zero-order valence-electron chi connectivity index (χ0n) is 10.3. The first-order valence-corrected chi connectivity index (χ1v) is 7.65. The highest BCUT2D eigenvalue weighted by atomic mass is 79.9. The Morgan fingerprint density at radius 1 is 1.45 bits per heavy atom. The third-order valence-electron chi connectivity index (χ3n) is 2.72. The van der Waals surface area contributed by atoms with Gasteiger partial charge >= 0.3 is 0 Å². The average molecular weight is 371 g/mol. The predicted octanol–water partition coefficient (Wildman–Crippen LogP) is 1.79. The fraction of sp³-hybridized carbons (Fsp3) is 0.154. The van der Waals surface area contributed by atoms with Crippen molar-refractivity contribution in [3.63, 3.8) is 0 Å². The molecule has 1 amide bonds. The van der Waals surface area contributed by atoms with Crippen LogP contribution in [-0.4, -0.2) is 27.1 Å². The molecule has 0 aliphatic carbocycles. The molecule has 1 aromatic rings. The summed E-state index contributed by atoms with van der Waals surface area (Å²) in [6.07, 6.45) is 1.69. The lowest BCUT2D eigenvalue weighted by Crippen LogP contribution is -2.48. The van der Waals surface area contributed by atoms with E-state index in [0.29, 0.717) is 4.91 Å². The number of carbonyl (C=O) groups is 2. The molecule has 104 valence electrons. The minimum absolute atomic E-state index is 0.232. The molecule has 7 heteroatoms. The lowest BCUT2D eigenvalue weighted by atomic mass is 10.2. The van der Waals surface area contributed by atoms with Crippen LogP contribution in [0.3, 0.4) is 0 Å². The minimum Gasteiger partial charge on any atom is -0.548 e. The van der Waals surface area contributed by atoms with Gasteiger partial charge < -0.3 is 9.90 Å². The summed E-state index contributed by atoms with van der Waals surface area (Å²) in [5, 5.41) is 10.9. The van der Waals surface area contributed by atoms with Gasteiger partial charge in [-0.2, -0.15) is 0 Å². The van der Waals surface area contributed by atoms with Crippen LogP contribution in [0, 0.1) is 0 Å². The highest BCUT2D eigenvalue weighted by Gasteiger charge is 2.35. The van der Waals surface area contributed by atoms with Crippen LogP contribution in [-0.2, 0) is 9.59 Å². The van der Waals surface area contributed by atoms with Crippen molar-refractivity contribution >= 4 is 62.2 Å². The molecule has 0 unspecified atom stereocenters. The maximum atomic E-state index is 12.2. The molecule has 1 heterocycles. The highest BCUT2D eigenvalue weighted by molar-refractivity contribution is 9.10. The van der Waals surface area contributed by atoms with Gasteiger partial charge in [-0.15, -0.1) is 0 Å². The van der Waals surface area contributed by atoms with E-state index in [1.165, 1.54) is 6.92 Å². The van der Waals surface area contributed by atoms with E-state index in [2.05, 4.69) is 15.9 Å². The minimum atomic E-state index is -1.33. The lowest BCUT2D eigenvalue weighted by molar-refractivity contribution is -0.309. The standard InChI is InChI=1S/C13H10BrNO3S2/c1-7(12(17)18)15-11(16)10(20-13(15)19)6-8-2-4-9(14)5-3-8/h2-7H,1H3,(H,17,18)/p-1/t7-/m0/s1. The van der Waals surface area contributed by atoms with E-state index in [1.54, 1.807) is 6.08 Å². The molecule has 0 aromatic heterocycles. The molecule has 0 N–H and O–H groups in total. The first kappa shape index (κ1) is 15.2. The summed E-state index contributed by atoms with van der Waals surface area (Å²) in [6, 6.07) is 6.34. The van der Waals surface area contributed by atoms with E-state index in [9.17, 15) is 14.7 Å². The monoisotopic (exact) mass is 370 g/mol. The third-order valence-corrected chi connectivity index (χ3v) is 4.58. The summed E-state index contributed by atoms with van der Waals surface area (Å²) in [5.41, 5.74) is 0.842. The number of aliphatic carboxylic acids is 1. The number of benzene rings is 1. The van der Waals surface area contributed by atoms with Crippen LogP contribution in [0.4, 0.5) is 0 Å². The molecular formula is C13H9BrNO3S2-. The molecule has 20 heavy (non-hydrogen) atoms. The molecule has 4 nitrogen and oxygen atoms in total. The number of thiocarbonyl (C=S) groups is 1. The first-order valence-electron chi connectivity index (χ1n) is 5.63. The summed E-state index contributed by atoms with van der Waals surface area (Å²) < 4.78 is 1.17. The van der Waals surface area contributed by atoms with Gasteiger partial charge in [-0.1, -0.05) is 52.0 Å². The van der Waals surface area contributed by atoms with E-state index in [-0.39, 0.29) is 4.32 Å². The summed E-state index contributed by atoms with van der Waals surface area (Å²) in [4.78, 5) is 24.5. The van der Waals surface area contributed by atoms with Gasteiger partial charge in [0.1, 0.15) is 4.32 Å². The Labute approximate surface area is 134 Å². The number of nitrogens with zero attached hydrogens (tertiary/aromatic N) is 1.